The maximum absolute atomic E-state index is 9.77. The van der Waals surface area contributed by atoms with Crippen molar-refractivity contribution in [2.75, 3.05) is 6.61 Å². The van der Waals surface area contributed by atoms with Gasteiger partial charge in [0.1, 0.15) is 0 Å². The van der Waals surface area contributed by atoms with E-state index in [1.807, 2.05) is 23.1 Å². The Morgan fingerprint density at radius 2 is 2.44 bits per heavy atom. The molecule has 2 unspecified atom stereocenters. The molecule has 0 saturated heterocycles. The summed E-state index contributed by atoms with van der Waals surface area (Å²) >= 11 is 3.80. The third-order valence-corrected chi connectivity index (χ3v) is 5.82. The van der Waals surface area contributed by atoms with Gasteiger partial charge in [-0.3, -0.25) is 0 Å². The Kier molecular flexibility index (Phi) is 5.13. The lowest BCUT2D eigenvalue weighted by Crippen LogP contribution is -2.54. The molecule has 1 heterocycles. The van der Waals surface area contributed by atoms with Crippen molar-refractivity contribution in [1.29, 1.82) is 0 Å². The van der Waals surface area contributed by atoms with Gasteiger partial charge in [0.05, 0.1) is 10.8 Å². The molecule has 1 fully saturated rings. The van der Waals surface area contributed by atoms with E-state index in [-0.39, 0.29) is 12.1 Å². The van der Waals surface area contributed by atoms with E-state index >= 15 is 0 Å². The Morgan fingerprint density at radius 3 is 3.06 bits per heavy atom. The van der Waals surface area contributed by atoms with Crippen molar-refractivity contribution in [3.63, 3.8) is 0 Å². The molecule has 102 valence electrons. The van der Waals surface area contributed by atoms with Gasteiger partial charge in [0.25, 0.3) is 0 Å². The van der Waals surface area contributed by atoms with Gasteiger partial charge in [-0.1, -0.05) is 26.3 Å². The van der Waals surface area contributed by atoms with Crippen LogP contribution in [0, 0.1) is 0 Å². The fourth-order valence-corrected chi connectivity index (χ4v) is 5.25. The Morgan fingerprint density at radius 1 is 1.61 bits per heavy atom. The zero-order chi connectivity index (χ0) is 13.0. The van der Waals surface area contributed by atoms with Crippen molar-refractivity contribution in [2.45, 2.75) is 60.6 Å². The van der Waals surface area contributed by atoms with Crippen molar-refractivity contribution < 1.29 is 5.11 Å². The van der Waals surface area contributed by atoms with Crippen molar-refractivity contribution >= 4 is 23.1 Å². The first-order chi connectivity index (χ1) is 8.63. The Balaban J connectivity index is 1.98. The normalized spacial score (nSPS) is 28.8. The van der Waals surface area contributed by atoms with Crippen molar-refractivity contribution in [3.05, 3.63) is 17.5 Å². The van der Waals surface area contributed by atoms with E-state index in [4.69, 9.17) is 0 Å². The van der Waals surface area contributed by atoms with Crippen LogP contribution in [-0.4, -0.2) is 28.5 Å². The standard InChI is InChI=1S/C14H23NOS2/c1-11(2)15-14(10-16)7-3-5-12(9-14)18-13-6-4-8-17-13/h4,6,8,11-12,15-16H,3,5,7,9-10H2,1-2H3. The number of thiophene rings is 1. The summed E-state index contributed by atoms with van der Waals surface area (Å²) in [5.74, 6) is 0. The first-order valence-corrected chi connectivity index (χ1v) is 8.48. The molecule has 1 aromatic heterocycles. The van der Waals surface area contributed by atoms with Gasteiger partial charge in [-0.2, -0.15) is 0 Å². The molecular weight excluding hydrogens is 262 g/mol. The smallest absolute Gasteiger partial charge is 0.0613 e. The highest BCUT2D eigenvalue weighted by Gasteiger charge is 2.36. The van der Waals surface area contributed by atoms with Gasteiger partial charge in [0.15, 0.2) is 0 Å². The fraction of sp³-hybridized carbons (Fsp3) is 0.714. The summed E-state index contributed by atoms with van der Waals surface area (Å²) in [5, 5.41) is 16.1. The van der Waals surface area contributed by atoms with Crippen LogP contribution in [0.3, 0.4) is 0 Å². The maximum Gasteiger partial charge on any atom is 0.0613 e. The summed E-state index contributed by atoms with van der Waals surface area (Å²) < 4.78 is 1.40. The number of hydrogen-bond acceptors (Lipinski definition) is 4. The molecule has 2 nitrogen and oxygen atoms in total. The molecule has 2 N–H and O–H groups in total. The highest BCUT2D eigenvalue weighted by atomic mass is 32.2. The molecule has 0 radical (unpaired) electrons. The quantitative estimate of drug-likeness (QED) is 0.868. The van der Waals surface area contributed by atoms with E-state index in [1.165, 1.54) is 17.1 Å². The predicted molar refractivity (Wildman–Crippen MR) is 80.5 cm³/mol. The Labute approximate surface area is 118 Å². The second kappa shape index (κ2) is 6.42. The molecule has 4 heteroatoms. The number of aliphatic hydroxyl groups is 1. The first kappa shape index (κ1) is 14.4. The van der Waals surface area contributed by atoms with E-state index in [0.717, 1.165) is 12.8 Å². The van der Waals surface area contributed by atoms with Crippen LogP contribution in [0.1, 0.15) is 39.5 Å². The van der Waals surface area contributed by atoms with Crippen molar-refractivity contribution in [3.8, 4) is 0 Å². The lowest BCUT2D eigenvalue weighted by atomic mass is 9.81. The molecule has 18 heavy (non-hydrogen) atoms. The number of thioether (sulfide) groups is 1. The van der Waals surface area contributed by atoms with Crippen LogP contribution in [0.4, 0.5) is 0 Å². The first-order valence-electron chi connectivity index (χ1n) is 6.72. The second-order valence-electron chi connectivity index (χ2n) is 5.51. The van der Waals surface area contributed by atoms with Crippen LogP contribution < -0.4 is 5.32 Å². The average Bonchev–Trinajstić information content (AvgIpc) is 2.81. The van der Waals surface area contributed by atoms with Crippen LogP contribution in [0.15, 0.2) is 21.7 Å². The summed E-state index contributed by atoms with van der Waals surface area (Å²) in [7, 11) is 0. The largest absolute Gasteiger partial charge is 0.394 e. The third-order valence-electron chi connectivity index (χ3n) is 3.48. The molecule has 2 rings (SSSR count). The van der Waals surface area contributed by atoms with Crippen LogP contribution >= 0.6 is 23.1 Å². The summed E-state index contributed by atoms with van der Waals surface area (Å²) in [5.41, 5.74) is -0.0542. The van der Waals surface area contributed by atoms with E-state index < -0.39 is 0 Å². The van der Waals surface area contributed by atoms with Gasteiger partial charge in [-0.05, 0) is 30.7 Å². The monoisotopic (exact) mass is 285 g/mol. The molecule has 0 bridgehead atoms. The number of aliphatic hydroxyl groups excluding tert-OH is 1. The van der Waals surface area contributed by atoms with Gasteiger partial charge in [0, 0.05) is 16.8 Å². The lowest BCUT2D eigenvalue weighted by Gasteiger charge is -2.41. The fourth-order valence-electron chi connectivity index (χ4n) is 2.84. The molecule has 1 aliphatic rings. The van der Waals surface area contributed by atoms with Crippen LogP contribution in [0.5, 0.6) is 0 Å². The van der Waals surface area contributed by atoms with Gasteiger partial charge >= 0.3 is 0 Å². The second-order valence-corrected chi connectivity index (χ2v) is 8.05. The SMILES string of the molecule is CC(C)NC1(CO)CCCC(Sc2cccs2)C1. The third kappa shape index (κ3) is 3.73. The lowest BCUT2D eigenvalue weighted by molar-refractivity contribution is 0.115. The minimum absolute atomic E-state index is 0.0542. The molecule has 1 aliphatic carbocycles. The molecule has 1 aromatic rings. The highest BCUT2D eigenvalue weighted by molar-refractivity contribution is 8.01. The molecule has 0 aliphatic heterocycles. The summed E-state index contributed by atoms with van der Waals surface area (Å²) in [6.07, 6.45) is 4.65. The number of nitrogens with one attached hydrogen (secondary N) is 1. The zero-order valence-corrected chi connectivity index (χ0v) is 12.8. The molecule has 2 atom stereocenters. The number of hydrogen-bond donors (Lipinski definition) is 2. The van der Waals surface area contributed by atoms with Crippen LogP contribution in [0.25, 0.3) is 0 Å². The minimum atomic E-state index is -0.0542. The highest BCUT2D eigenvalue weighted by Crippen LogP contribution is 2.39. The molecule has 0 amide bonds. The van der Waals surface area contributed by atoms with Crippen molar-refractivity contribution in [2.24, 2.45) is 0 Å². The van der Waals surface area contributed by atoms with E-state index in [1.54, 1.807) is 0 Å². The molecule has 1 saturated carbocycles. The maximum atomic E-state index is 9.77. The predicted octanol–water partition coefficient (Wildman–Crippen LogP) is 3.51. The summed E-state index contributed by atoms with van der Waals surface area (Å²) in [4.78, 5) is 0. The summed E-state index contributed by atoms with van der Waals surface area (Å²) in [6.45, 7) is 4.58. The van der Waals surface area contributed by atoms with E-state index in [2.05, 4.69) is 36.7 Å². The minimum Gasteiger partial charge on any atom is -0.394 e. The van der Waals surface area contributed by atoms with E-state index in [0.29, 0.717) is 11.3 Å². The van der Waals surface area contributed by atoms with Crippen LogP contribution in [0.2, 0.25) is 0 Å². The van der Waals surface area contributed by atoms with Gasteiger partial charge in [-0.15, -0.1) is 23.1 Å². The van der Waals surface area contributed by atoms with Gasteiger partial charge in [-0.25, -0.2) is 0 Å². The Hall–Kier alpha value is -0.0300. The number of rotatable bonds is 5. The van der Waals surface area contributed by atoms with Gasteiger partial charge < -0.3 is 10.4 Å². The van der Waals surface area contributed by atoms with E-state index in [9.17, 15) is 5.11 Å². The van der Waals surface area contributed by atoms with Crippen LogP contribution in [-0.2, 0) is 0 Å². The topological polar surface area (TPSA) is 32.3 Å². The van der Waals surface area contributed by atoms with Gasteiger partial charge in [0.2, 0.25) is 0 Å². The average molecular weight is 285 g/mol. The summed E-state index contributed by atoms with van der Waals surface area (Å²) in [6, 6.07) is 4.74. The Bertz CT molecular complexity index is 353. The molecule has 0 spiro atoms. The molecule has 0 aromatic carbocycles. The zero-order valence-electron chi connectivity index (χ0n) is 11.2. The molecular formula is C14H23NOS2. The van der Waals surface area contributed by atoms with Crippen molar-refractivity contribution in [1.82, 2.24) is 5.32 Å².